The Balaban J connectivity index is 2.17. The molecule has 1 aliphatic rings. The molecule has 0 radical (unpaired) electrons. The minimum Gasteiger partial charge on any atom is -0.306 e. The van der Waals surface area contributed by atoms with Crippen LogP contribution >= 0.6 is 0 Å². The second-order valence-electron chi connectivity index (χ2n) is 4.17. The smallest absolute Gasteiger partial charge is 0.000718 e. The standard InChI is InChI=1S/C10H21N/c1-4-9(2)7-10-5-6-11(3)8-10/h9-10H,4-8H2,1-3H3/t9?,10-/m0/s1. The summed E-state index contributed by atoms with van der Waals surface area (Å²) in [6, 6.07) is 0. The van der Waals surface area contributed by atoms with Crippen molar-refractivity contribution in [2.75, 3.05) is 20.1 Å². The van der Waals surface area contributed by atoms with E-state index in [2.05, 4.69) is 25.8 Å². The molecule has 0 N–H and O–H groups in total. The molecule has 1 nitrogen and oxygen atoms in total. The van der Waals surface area contributed by atoms with Gasteiger partial charge < -0.3 is 4.90 Å². The molecule has 1 saturated heterocycles. The first-order chi connectivity index (χ1) is 5.22. The minimum absolute atomic E-state index is 0.937. The summed E-state index contributed by atoms with van der Waals surface area (Å²) in [6.07, 6.45) is 4.22. The molecule has 0 aromatic heterocycles. The molecule has 1 heterocycles. The predicted molar refractivity (Wildman–Crippen MR) is 49.7 cm³/mol. The molecule has 0 aromatic carbocycles. The molecule has 1 unspecified atom stereocenters. The van der Waals surface area contributed by atoms with Crippen molar-refractivity contribution in [3.8, 4) is 0 Å². The zero-order chi connectivity index (χ0) is 8.27. The van der Waals surface area contributed by atoms with Gasteiger partial charge in [0.15, 0.2) is 0 Å². The van der Waals surface area contributed by atoms with Crippen molar-refractivity contribution in [2.45, 2.75) is 33.1 Å². The largest absolute Gasteiger partial charge is 0.306 e. The molecule has 0 bridgehead atoms. The second kappa shape index (κ2) is 4.10. The fraction of sp³-hybridized carbons (Fsp3) is 1.00. The van der Waals surface area contributed by atoms with Gasteiger partial charge in [-0.3, -0.25) is 0 Å². The van der Waals surface area contributed by atoms with Gasteiger partial charge in [0.1, 0.15) is 0 Å². The molecule has 0 saturated carbocycles. The van der Waals surface area contributed by atoms with Crippen LogP contribution in [0.4, 0.5) is 0 Å². The Hall–Kier alpha value is -0.0400. The summed E-state index contributed by atoms with van der Waals surface area (Å²) >= 11 is 0. The quantitative estimate of drug-likeness (QED) is 0.605. The molecule has 1 heteroatoms. The Kier molecular flexibility index (Phi) is 3.38. The molecule has 2 atom stereocenters. The van der Waals surface area contributed by atoms with Crippen LogP contribution in [0.2, 0.25) is 0 Å². The highest BCUT2D eigenvalue weighted by molar-refractivity contribution is 4.74. The lowest BCUT2D eigenvalue weighted by atomic mass is 9.93. The summed E-state index contributed by atoms with van der Waals surface area (Å²) < 4.78 is 0. The Morgan fingerprint density at radius 2 is 2.27 bits per heavy atom. The number of hydrogen-bond acceptors (Lipinski definition) is 1. The fourth-order valence-electron chi connectivity index (χ4n) is 1.95. The highest BCUT2D eigenvalue weighted by Crippen LogP contribution is 2.23. The summed E-state index contributed by atoms with van der Waals surface area (Å²) in [5, 5.41) is 0. The third-order valence-electron chi connectivity index (χ3n) is 2.92. The normalized spacial score (nSPS) is 29.2. The fourth-order valence-corrected chi connectivity index (χ4v) is 1.95. The maximum Gasteiger partial charge on any atom is 0.000718 e. The van der Waals surface area contributed by atoms with Crippen molar-refractivity contribution >= 4 is 0 Å². The van der Waals surface area contributed by atoms with E-state index in [1.165, 1.54) is 32.4 Å². The van der Waals surface area contributed by atoms with Gasteiger partial charge in [-0.15, -0.1) is 0 Å². The van der Waals surface area contributed by atoms with E-state index in [0.717, 1.165) is 11.8 Å². The van der Waals surface area contributed by atoms with Gasteiger partial charge in [0.25, 0.3) is 0 Å². The molecule has 11 heavy (non-hydrogen) atoms. The summed E-state index contributed by atoms with van der Waals surface area (Å²) in [4.78, 5) is 2.45. The molecule has 0 amide bonds. The third kappa shape index (κ3) is 2.82. The Morgan fingerprint density at radius 1 is 1.55 bits per heavy atom. The first kappa shape index (κ1) is 9.05. The molecule has 0 spiro atoms. The van der Waals surface area contributed by atoms with Crippen molar-refractivity contribution < 1.29 is 0 Å². The lowest BCUT2D eigenvalue weighted by Gasteiger charge is -2.14. The molecule has 0 aliphatic carbocycles. The molecule has 0 aromatic rings. The SMILES string of the molecule is CCC(C)C[C@@H]1CCN(C)C1. The van der Waals surface area contributed by atoms with Crippen molar-refractivity contribution in [1.29, 1.82) is 0 Å². The van der Waals surface area contributed by atoms with Crippen molar-refractivity contribution in [3.05, 3.63) is 0 Å². The summed E-state index contributed by atoms with van der Waals surface area (Å²) in [7, 11) is 2.23. The monoisotopic (exact) mass is 155 g/mol. The average molecular weight is 155 g/mol. The average Bonchev–Trinajstić information content (AvgIpc) is 2.35. The Labute approximate surface area is 70.8 Å². The predicted octanol–water partition coefficient (Wildman–Crippen LogP) is 2.37. The van der Waals surface area contributed by atoms with Gasteiger partial charge in [0.05, 0.1) is 0 Å². The van der Waals surface area contributed by atoms with E-state index in [1.807, 2.05) is 0 Å². The van der Waals surface area contributed by atoms with Crippen LogP contribution in [-0.4, -0.2) is 25.0 Å². The molecule has 1 rings (SSSR count). The van der Waals surface area contributed by atoms with Crippen LogP contribution in [0, 0.1) is 11.8 Å². The Bertz CT molecular complexity index is 111. The second-order valence-corrected chi connectivity index (χ2v) is 4.17. The van der Waals surface area contributed by atoms with Gasteiger partial charge in [0, 0.05) is 6.54 Å². The van der Waals surface area contributed by atoms with E-state index >= 15 is 0 Å². The van der Waals surface area contributed by atoms with E-state index in [1.54, 1.807) is 0 Å². The third-order valence-corrected chi connectivity index (χ3v) is 2.92. The topological polar surface area (TPSA) is 3.24 Å². The zero-order valence-electron chi connectivity index (χ0n) is 8.14. The lowest BCUT2D eigenvalue weighted by molar-refractivity contribution is 0.355. The molecular formula is C10H21N. The number of likely N-dealkylation sites (tertiary alicyclic amines) is 1. The van der Waals surface area contributed by atoms with Crippen LogP contribution in [0.3, 0.4) is 0 Å². The first-order valence-electron chi connectivity index (χ1n) is 4.91. The van der Waals surface area contributed by atoms with Crippen molar-refractivity contribution in [3.63, 3.8) is 0 Å². The van der Waals surface area contributed by atoms with Crippen LogP contribution in [0.1, 0.15) is 33.1 Å². The van der Waals surface area contributed by atoms with E-state index < -0.39 is 0 Å². The molecular weight excluding hydrogens is 134 g/mol. The van der Waals surface area contributed by atoms with E-state index in [4.69, 9.17) is 0 Å². The van der Waals surface area contributed by atoms with Gasteiger partial charge >= 0.3 is 0 Å². The van der Waals surface area contributed by atoms with Crippen LogP contribution in [-0.2, 0) is 0 Å². The lowest BCUT2D eigenvalue weighted by Crippen LogP contribution is -2.15. The van der Waals surface area contributed by atoms with E-state index in [-0.39, 0.29) is 0 Å². The molecule has 1 aliphatic heterocycles. The highest BCUT2D eigenvalue weighted by Gasteiger charge is 2.20. The van der Waals surface area contributed by atoms with Gasteiger partial charge in [0.2, 0.25) is 0 Å². The first-order valence-corrected chi connectivity index (χ1v) is 4.91. The van der Waals surface area contributed by atoms with Crippen molar-refractivity contribution in [1.82, 2.24) is 4.90 Å². The Morgan fingerprint density at radius 3 is 2.73 bits per heavy atom. The maximum absolute atomic E-state index is 2.45. The van der Waals surface area contributed by atoms with E-state index in [9.17, 15) is 0 Å². The molecule has 1 fully saturated rings. The van der Waals surface area contributed by atoms with Gasteiger partial charge in [-0.2, -0.15) is 0 Å². The summed E-state index contributed by atoms with van der Waals surface area (Å²) in [6.45, 7) is 7.33. The highest BCUT2D eigenvalue weighted by atomic mass is 15.1. The van der Waals surface area contributed by atoms with E-state index in [0.29, 0.717) is 0 Å². The van der Waals surface area contributed by atoms with Crippen LogP contribution in [0.25, 0.3) is 0 Å². The summed E-state index contributed by atoms with van der Waals surface area (Å²) in [5.74, 6) is 1.93. The maximum atomic E-state index is 2.45. The van der Waals surface area contributed by atoms with Crippen LogP contribution in [0.5, 0.6) is 0 Å². The molecule has 66 valence electrons. The number of rotatable bonds is 3. The van der Waals surface area contributed by atoms with Gasteiger partial charge in [-0.25, -0.2) is 0 Å². The van der Waals surface area contributed by atoms with Gasteiger partial charge in [-0.1, -0.05) is 20.3 Å². The van der Waals surface area contributed by atoms with Crippen LogP contribution in [0.15, 0.2) is 0 Å². The van der Waals surface area contributed by atoms with Gasteiger partial charge in [-0.05, 0) is 38.3 Å². The number of hydrogen-bond donors (Lipinski definition) is 0. The number of nitrogens with zero attached hydrogens (tertiary/aromatic N) is 1. The summed E-state index contributed by atoms with van der Waals surface area (Å²) in [5.41, 5.74) is 0. The zero-order valence-corrected chi connectivity index (χ0v) is 8.14. The van der Waals surface area contributed by atoms with Crippen molar-refractivity contribution in [2.24, 2.45) is 11.8 Å². The minimum atomic E-state index is 0.937. The van der Waals surface area contributed by atoms with Crippen LogP contribution < -0.4 is 0 Å².